The highest BCUT2D eigenvalue weighted by Gasteiger charge is 2.32. The Balaban J connectivity index is 1.46. The number of ether oxygens (including phenoxy) is 1. The molecule has 0 saturated heterocycles. The van der Waals surface area contributed by atoms with Gasteiger partial charge in [-0.2, -0.15) is 0 Å². The molecule has 2 N–H and O–H groups in total. The molecule has 33 heavy (non-hydrogen) atoms. The molecule has 1 aromatic heterocycles. The fourth-order valence-corrected chi connectivity index (χ4v) is 3.44. The van der Waals surface area contributed by atoms with E-state index in [9.17, 15) is 19.5 Å². The Morgan fingerprint density at radius 3 is 2.70 bits per heavy atom. The molecule has 1 aliphatic rings. The SMILES string of the molecule is CN(C(=O)O)c1ccc2c(c1)N(C)C(=O)[C@@H](NC(=O)c1cc(Cc3ccccc3)on1)CO2. The highest BCUT2D eigenvalue weighted by atomic mass is 16.5. The van der Waals surface area contributed by atoms with E-state index >= 15 is 0 Å². The third-order valence-corrected chi connectivity index (χ3v) is 5.33. The lowest BCUT2D eigenvalue weighted by Gasteiger charge is -2.21. The fraction of sp³-hybridized carbons (Fsp3) is 0.217. The van der Waals surface area contributed by atoms with Gasteiger partial charge < -0.3 is 24.6 Å². The molecule has 0 spiro atoms. The molecule has 1 atom stereocenters. The number of aromatic nitrogens is 1. The average Bonchev–Trinajstić information content (AvgIpc) is 3.25. The summed E-state index contributed by atoms with van der Waals surface area (Å²) in [5, 5.41) is 15.7. The van der Waals surface area contributed by atoms with E-state index in [2.05, 4.69) is 10.5 Å². The highest BCUT2D eigenvalue weighted by Crippen LogP contribution is 2.34. The summed E-state index contributed by atoms with van der Waals surface area (Å²) < 4.78 is 11.0. The Morgan fingerprint density at radius 1 is 1.21 bits per heavy atom. The quantitative estimate of drug-likeness (QED) is 0.612. The molecule has 0 saturated carbocycles. The van der Waals surface area contributed by atoms with Crippen molar-refractivity contribution in [1.29, 1.82) is 0 Å². The summed E-state index contributed by atoms with van der Waals surface area (Å²) in [5.74, 6) is -0.0537. The molecule has 0 unspecified atom stereocenters. The minimum absolute atomic E-state index is 0.0588. The van der Waals surface area contributed by atoms with E-state index in [4.69, 9.17) is 9.26 Å². The van der Waals surface area contributed by atoms with Gasteiger partial charge in [-0.1, -0.05) is 35.5 Å². The van der Waals surface area contributed by atoms with Crippen molar-refractivity contribution in [2.45, 2.75) is 12.5 Å². The number of hydrogen-bond donors (Lipinski definition) is 2. The largest absolute Gasteiger partial charge is 0.489 e. The molecule has 4 rings (SSSR count). The second kappa shape index (κ2) is 9.03. The second-order valence-corrected chi connectivity index (χ2v) is 7.57. The minimum Gasteiger partial charge on any atom is -0.489 e. The van der Waals surface area contributed by atoms with Gasteiger partial charge in [0.1, 0.15) is 24.2 Å². The van der Waals surface area contributed by atoms with Crippen molar-refractivity contribution in [2.75, 3.05) is 30.5 Å². The normalized spacial score (nSPS) is 15.3. The van der Waals surface area contributed by atoms with Crippen molar-refractivity contribution in [3.8, 4) is 5.75 Å². The van der Waals surface area contributed by atoms with Crippen LogP contribution in [0.4, 0.5) is 16.2 Å². The zero-order valence-electron chi connectivity index (χ0n) is 18.0. The van der Waals surface area contributed by atoms with Gasteiger partial charge in [-0.05, 0) is 23.8 Å². The Morgan fingerprint density at radius 2 is 1.97 bits per heavy atom. The number of carboxylic acid groups (broad SMARTS) is 1. The average molecular weight is 450 g/mol. The molecule has 0 bridgehead atoms. The third-order valence-electron chi connectivity index (χ3n) is 5.33. The lowest BCUT2D eigenvalue weighted by molar-refractivity contribution is -0.120. The number of hydrogen-bond acceptors (Lipinski definition) is 6. The maximum atomic E-state index is 13.0. The molecule has 3 aromatic rings. The Labute approximate surface area is 189 Å². The molecule has 0 aliphatic carbocycles. The molecule has 0 fully saturated rings. The van der Waals surface area contributed by atoms with Gasteiger partial charge >= 0.3 is 6.09 Å². The maximum absolute atomic E-state index is 13.0. The van der Waals surface area contributed by atoms with Crippen LogP contribution in [0.25, 0.3) is 0 Å². The number of carbonyl (C=O) groups excluding carboxylic acids is 2. The molecular weight excluding hydrogens is 428 g/mol. The predicted molar refractivity (Wildman–Crippen MR) is 119 cm³/mol. The van der Waals surface area contributed by atoms with Crippen LogP contribution in [0.1, 0.15) is 21.8 Å². The zero-order chi connectivity index (χ0) is 23.5. The number of anilines is 2. The summed E-state index contributed by atoms with van der Waals surface area (Å²) in [7, 11) is 2.93. The molecule has 2 heterocycles. The van der Waals surface area contributed by atoms with Crippen molar-refractivity contribution in [2.24, 2.45) is 0 Å². The van der Waals surface area contributed by atoms with Gasteiger partial charge in [0.2, 0.25) is 0 Å². The van der Waals surface area contributed by atoms with E-state index in [-0.39, 0.29) is 12.3 Å². The fourth-order valence-electron chi connectivity index (χ4n) is 3.44. The molecule has 0 radical (unpaired) electrons. The number of fused-ring (bicyclic) bond motifs is 1. The van der Waals surface area contributed by atoms with Crippen LogP contribution in [-0.4, -0.2) is 54.9 Å². The van der Waals surface area contributed by atoms with E-state index in [1.807, 2.05) is 30.3 Å². The monoisotopic (exact) mass is 450 g/mol. The van der Waals surface area contributed by atoms with E-state index in [1.165, 1.54) is 25.1 Å². The lowest BCUT2D eigenvalue weighted by atomic mass is 10.1. The summed E-state index contributed by atoms with van der Waals surface area (Å²) in [6, 6.07) is 14.9. The van der Waals surface area contributed by atoms with E-state index in [0.717, 1.165) is 10.5 Å². The number of benzene rings is 2. The molecular formula is C23H22N4O6. The van der Waals surface area contributed by atoms with Crippen LogP contribution in [0.15, 0.2) is 59.1 Å². The molecule has 1 aliphatic heterocycles. The summed E-state index contributed by atoms with van der Waals surface area (Å²) in [6.07, 6.45) is -0.652. The summed E-state index contributed by atoms with van der Waals surface area (Å²) in [6.45, 7) is -0.0925. The van der Waals surface area contributed by atoms with Crippen molar-refractivity contribution < 1.29 is 28.8 Å². The van der Waals surface area contributed by atoms with E-state index in [0.29, 0.717) is 29.3 Å². The first kappa shape index (κ1) is 21.9. The smallest absolute Gasteiger partial charge is 0.411 e. The number of likely N-dealkylation sites (N-methyl/N-ethyl adjacent to an activating group) is 1. The van der Waals surface area contributed by atoms with Crippen molar-refractivity contribution in [3.63, 3.8) is 0 Å². The number of nitrogens with one attached hydrogen (secondary N) is 1. The number of carbonyl (C=O) groups is 3. The molecule has 2 aromatic carbocycles. The van der Waals surface area contributed by atoms with Gasteiger partial charge in [0.15, 0.2) is 5.69 Å². The number of amides is 3. The van der Waals surface area contributed by atoms with Gasteiger partial charge in [0.05, 0.1) is 5.69 Å². The second-order valence-electron chi connectivity index (χ2n) is 7.57. The molecule has 3 amide bonds. The molecule has 170 valence electrons. The predicted octanol–water partition coefficient (Wildman–Crippen LogP) is 2.53. The first-order chi connectivity index (χ1) is 15.8. The van der Waals surface area contributed by atoms with Crippen LogP contribution >= 0.6 is 0 Å². The highest BCUT2D eigenvalue weighted by molar-refractivity contribution is 6.03. The van der Waals surface area contributed by atoms with Gasteiger partial charge in [0, 0.05) is 32.3 Å². The van der Waals surface area contributed by atoms with Gasteiger partial charge in [0.25, 0.3) is 11.8 Å². The molecule has 10 nitrogen and oxygen atoms in total. The number of nitrogens with zero attached hydrogens (tertiary/aromatic N) is 3. The van der Waals surface area contributed by atoms with Crippen LogP contribution in [0.5, 0.6) is 5.75 Å². The summed E-state index contributed by atoms with van der Waals surface area (Å²) in [4.78, 5) is 39.3. The summed E-state index contributed by atoms with van der Waals surface area (Å²) in [5.41, 5.74) is 1.85. The van der Waals surface area contributed by atoms with Crippen molar-refractivity contribution >= 4 is 29.3 Å². The third kappa shape index (κ3) is 4.64. The Hall–Kier alpha value is -4.34. The van der Waals surface area contributed by atoms with Gasteiger partial charge in [-0.3, -0.25) is 14.5 Å². The first-order valence-corrected chi connectivity index (χ1v) is 10.1. The van der Waals surface area contributed by atoms with Crippen LogP contribution in [0.3, 0.4) is 0 Å². The van der Waals surface area contributed by atoms with Crippen LogP contribution < -0.4 is 19.9 Å². The van der Waals surface area contributed by atoms with E-state index in [1.54, 1.807) is 18.2 Å². The maximum Gasteiger partial charge on any atom is 0.411 e. The van der Waals surface area contributed by atoms with Crippen molar-refractivity contribution in [3.05, 3.63) is 71.6 Å². The standard InChI is InChI=1S/C23H22N4O6/c1-26(23(30)31)15-8-9-20-19(11-15)27(2)22(29)18(13-32-20)24-21(28)17-12-16(33-25-17)10-14-6-4-3-5-7-14/h3-9,11-12,18H,10,13H2,1-2H3,(H,24,28)(H,30,31)/t18-/m0/s1. The van der Waals surface area contributed by atoms with Crippen LogP contribution in [0, 0.1) is 0 Å². The Kier molecular flexibility index (Phi) is 5.99. The van der Waals surface area contributed by atoms with Gasteiger partial charge in [-0.25, -0.2) is 4.79 Å². The first-order valence-electron chi connectivity index (χ1n) is 10.1. The van der Waals surface area contributed by atoms with E-state index < -0.39 is 23.9 Å². The van der Waals surface area contributed by atoms with Crippen molar-refractivity contribution in [1.82, 2.24) is 10.5 Å². The zero-order valence-corrected chi connectivity index (χ0v) is 18.0. The van der Waals surface area contributed by atoms with Crippen LogP contribution in [-0.2, 0) is 11.2 Å². The molecule has 10 heteroatoms. The van der Waals surface area contributed by atoms with Crippen LogP contribution in [0.2, 0.25) is 0 Å². The summed E-state index contributed by atoms with van der Waals surface area (Å²) >= 11 is 0. The Bertz CT molecular complexity index is 1190. The minimum atomic E-state index is -1.14. The number of rotatable bonds is 5. The topological polar surface area (TPSA) is 125 Å². The van der Waals surface area contributed by atoms with Gasteiger partial charge in [-0.15, -0.1) is 0 Å². The lowest BCUT2D eigenvalue weighted by Crippen LogP contribution is -2.49.